The predicted octanol–water partition coefficient (Wildman–Crippen LogP) is 0.0625. The molecule has 19 heavy (non-hydrogen) atoms. The summed E-state index contributed by atoms with van der Waals surface area (Å²) in [5, 5.41) is 21.5. The highest BCUT2D eigenvalue weighted by Gasteiger charge is 2.46. The van der Waals surface area contributed by atoms with Crippen molar-refractivity contribution in [1.82, 2.24) is 5.32 Å². The molecule has 1 aliphatic carbocycles. The minimum Gasteiger partial charge on any atom is -0.450 e. The molecule has 0 aromatic carbocycles. The fourth-order valence-corrected chi connectivity index (χ4v) is 2.78. The van der Waals surface area contributed by atoms with Crippen molar-refractivity contribution in [3.63, 3.8) is 0 Å². The Hall–Kier alpha value is -1.34. The summed E-state index contributed by atoms with van der Waals surface area (Å²) < 4.78 is 4.63. The normalized spacial score (nSPS) is 31.8. The van der Waals surface area contributed by atoms with E-state index in [-0.39, 0.29) is 18.4 Å². The van der Waals surface area contributed by atoms with Crippen molar-refractivity contribution in [1.29, 1.82) is 0 Å². The van der Waals surface area contributed by atoms with Crippen LogP contribution in [0.5, 0.6) is 0 Å². The Morgan fingerprint density at radius 1 is 1.53 bits per heavy atom. The molecule has 110 valence electrons. The zero-order valence-corrected chi connectivity index (χ0v) is 11.2. The number of hydrogen-bond donors (Lipinski definition) is 4. The van der Waals surface area contributed by atoms with E-state index in [4.69, 9.17) is 10.8 Å². The first-order valence-corrected chi connectivity index (χ1v) is 6.47. The van der Waals surface area contributed by atoms with Crippen LogP contribution in [-0.4, -0.2) is 46.6 Å². The summed E-state index contributed by atoms with van der Waals surface area (Å²) in [5.74, 6) is -0.589. The minimum atomic E-state index is -1.43. The standard InChI is InChI=1S/C12H22N2O5/c1-3-4-8(14-6(2)15)10-7(13)5-9(11(10)16)19-12(17)18/h7-11,16H,3-5,13H2,1-2H3,(H,14,15)(H,17,18)/t7-,8?,9-,10+,11+/m1/s1. The van der Waals surface area contributed by atoms with E-state index in [1.54, 1.807) is 0 Å². The van der Waals surface area contributed by atoms with Gasteiger partial charge in [0.25, 0.3) is 0 Å². The van der Waals surface area contributed by atoms with E-state index in [9.17, 15) is 14.7 Å². The number of carbonyl (C=O) groups is 2. The maximum absolute atomic E-state index is 11.2. The Labute approximate surface area is 112 Å². The molecule has 5 N–H and O–H groups in total. The number of hydrogen-bond acceptors (Lipinski definition) is 5. The summed E-state index contributed by atoms with van der Waals surface area (Å²) in [7, 11) is 0. The zero-order chi connectivity index (χ0) is 14.6. The third-order valence-electron chi connectivity index (χ3n) is 3.48. The monoisotopic (exact) mass is 274 g/mol. The lowest BCUT2D eigenvalue weighted by molar-refractivity contribution is -0.120. The summed E-state index contributed by atoms with van der Waals surface area (Å²) in [4.78, 5) is 21.7. The first-order chi connectivity index (χ1) is 8.86. The third kappa shape index (κ3) is 4.07. The SMILES string of the molecule is CCCC(NC(C)=O)[C@H]1[C@@H](O)[C@H](OC(=O)O)C[C@H]1N. The first kappa shape index (κ1) is 15.7. The fourth-order valence-electron chi connectivity index (χ4n) is 2.78. The molecule has 1 fully saturated rings. The van der Waals surface area contributed by atoms with Crippen molar-refractivity contribution in [2.24, 2.45) is 11.7 Å². The summed E-state index contributed by atoms with van der Waals surface area (Å²) in [6, 6.07) is -0.669. The maximum Gasteiger partial charge on any atom is 0.506 e. The number of carboxylic acid groups (broad SMARTS) is 1. The summed E-state index contributed by atoms with van der Waals surface area (Å²) in [5.41, 5.74) is 5.96. The van der Waals surface area contributed by atoms with Crippen LogP contribution >= 0.6 is 0 Å². The molecular formula is C12H22N2O5. The molecule has 0 bridgehead atoms. The molecule has 0 heterocycles. The van der Waals surface area contributed by atoms with E-state index in [2.05, 4.69) is 10.1 Å². The quantitative estimate of drug-likeness (QED) is 0.526. The molecule has 0 radical (unpaired) electrons. The Balaban J connectivity index is 2.78. The lowest BCUT2D eigenvalue weighted by atomic mass is 9.89. The van der Waals surface area contributed by atoms with Gasteiger partial charge in [-0.25, -0.2) is 4.79 Å². The number of nitrogens with two attached hydrogens (primary N) is 1. The molecule has 7 nitrogen and oxygen atoms in total. The van der Waals surface area contributed by atoms with Gasteiger partial charge >= 0.3 is 6.16 Å². The fraction of sp³-hybridized carbons (Fsp3) is 0.833. The van der Waals surface area contributed by atoms with E-state index in [0.29, 0.717) is 6.42 Å². The number of aliphatic hydroxyl groups is 1. The molecule has 1 aliphatic rings. The third-order valence-corrected chi connectivity index (χ3v) is 3.48. The van der Waals surface area contributed by atoms with Gasteiger partial charge in [0, 0.05) is 31.3 Å². The Morgan fingerprint density at radius 2 is 2.16 bits per heavy atom. The van der Waals surface area contributed by atoms with Crippen molar-refractivity contribution >= 4 is 12.1 Å². The maximum atomic E-state index is 11.2. The van der Waals surface area contributed by atoms with Gasteiger partial charge in [0.15, 0.2) is 0 Å². The van der Waals surface area contributed by atoms with Crippen molar-refractivity contribution in [3.8, 4) is 0 Å². The Bertz CT molecular complexity index is 336. The lowest BCUT2D eigenvalue weighted by Gasteiger charge is -2.29. The molecule has 0 saturated heterocycles. The first-order valence-electron chi connectivity index (χ1n) is 6.47. The number of rotatable bonds is 5. The number of aliphatic hydroxyl groups excluding tert-OH is 1. The number of amides is 1. The second-order valence-corrected chi connectivity index (χ2v) is 4.99. The summed E-state index contributed by atoms with van der Waals surface area (Å²) in [6.45, 7) is 3.37. The smallest absolute Gasteiger partial charge is 0.450 e. The largest absolute Gasteiger partial charge is 0.506 e. The highest BCUT2D eigenvalue weighted by molar-refractivity contribution is 5.73. The summed E-state index contributed by atoms with van der Waals surface area (Å²) >= 11 is 0. The minimum absolute atomic E-state index is 0.194. The number of nitrogens with one attached hydrogen (secondary N) is 1. The average Bonchev–Trinajstić information content (AvgIpc) is 2.52. The van der Waals surface area contributed by atoms with Crippen molar-refractivity contribution in [2.45, 2.75) is 57.4 Å². The Morgan fingerprint density at radius 3 is 2.63 bits per heavy atom. The van der Waals surface area contributed by atoms with Gasteiger partial charge < -0.3 is 26.0 Å². The van der Waals surface area contributed by atoms with Crippen molar-refractivity contribution < 1.29 is 24.5 Å². The summed E-state index contributed by atoms with van der Waals surface area (Å²) in [6.07, 6.45) is -1.48. The molecule has 1 unspecified atom stereocenters. The van der Waals surface area contributed by atoms with Crippen LogP contribution < -0.4 is 11.1 Å². The van der Waals surface area contributed by atoms with Crippen molar-refractivity contribution in [3.05, 3.63) is 0 Å². The molecule has 0 spiro atoms. The van der Waals surface area contributed by atoms with Crippen LogP contribution in [0.15, 0.2) is 0 Å². The lowest BCUT2D eigenvalue weighted by Crippen LogP contribution is -2.49. The average molecular weight is 274 g/mol. The topological polar surface area (TPSA) is 122 Å². The van der Waals surface area contributed by atoms with Gasteiger partial charge in [-0.2, -0.15) is 0 Å². The number of ether oxygens (including phenoxy) is 1. The van der Waals surface area contributed by atoms with E-state index in [1.165, 1.54) is 6.92 Å². The van der Waals surface area contributed by atoms with Gasteiger partial charge in [-0.1, -0.05) is 13.3 Å². The molecule has 0 aromatic heterocycles. The molecule has 7 heteroatoms. The molecule has 0 aliphatic heterocycles. The highest BCUT2D eigenvalue weighted by Crippen LogP contribution is 2.32. The van der Waals surface area contributed by atoms with Gasteiger partial charge in [0.05, 0.1) is 6.10 Å². The van der Waals surface area contributed by atoms with E-state index >= 15 is 0 Å². The van der Waals surface area contributed by atoms with Gasteiger partial charge in [0.1, 0.15) is 6.10 Å². The van der Waals surface area contributed by atoms with Crippen LogP contribution in [0.2, 0.25) is 0 Å². The molecule has 1 amide bonds. The predicted molar refractivity (Wildman–Crippen MR) is 67.5 cm³/mol. The second kappa shape index (κ2) is 6.72. The van der Waals surface area contributed by atoms with Crippen molar-refractivity contribution in [2.75, 3.05) is 0 Å². The molecule has 0 aromatic rings. The zero-order valence-electron chi connectivity index (χ0n) is 11.2. The molecular weight excluding hydrogens is 252 g/mol. The molecule has 1 saturated carbocycles. The molecule has 5 atom stereocenters. The van der Waals surface area contributed by atoms with Gasteiger partial charge in [0.2, 0.25) is 5.91 Å². The van der Waals surface area contributed by atoms with Crippen LogP contribution in [0.4, 0.5) is 4.79 Å². The van der Waals surface area contributed by atoms with Crippen LogP contribution in [0.25, 0.3) is 0 Å². The van der Waals surface area contributed by atoms with E-state index < -0.39 is 30.3 Å². The second-order valence-electron chi connectivity index (χ2n) is 4.99. The number of carbonyl (C=O) groups excluding carboxylic acids is 1. The van der Waals surface area contributed by atoms with E-state index in [1.807, 2.05) is 6.92 Å². The molecule has 1 rings (SSSR count). The Kier molecular flexibility index (Phi) is 5.56. The highest BCUT2D eigenvalue weighted by atomic mass is 16.7. The van der Waals surface area contributed by atoms with Crippen LogP contribution in [0.3, 0.4) is 0 Å². The van der Waals surface area contributed by atoms with Gasteiger partial charge in [-0.3, -0.25) is 4.79 Å². The van der Waals surface area contributed by atoms with Crippen LogP contribution in [0.1, 0.15) is 33.1 Å². The van der Waals surface area contributed by atoms with Crippen LogP contribution in [-0.2, 0) is 9.53 Å². The van der Waals surface area contributed by atoms with Gasteiger partial charge in [-0.05, 0) is 6.42 Å². The van der Waals surface area contributed by atoms with Crippen LogP contribution in [0, 0.1) is 5.92 Å². The van der Waals surface area contributed by atoms with E-state index in [0.717, 1.165) is 6.42 Å². The van der Waals surface area contributed by atoms with Gasteiger partial charge in [-0.15, -0.1) is 0 Å².